The smallest absolute Gasteiger partial charge is 0.374 e. The molecule has 0 aliphatic carbocycles. The molecule has 1 aromatic heterocycles. The second-order valence-corrected chi connectivity index (χ2v) is 7.82. The molecule has 0 unspecified atom stereocenters. The van der Waals surface area contributed by atoms with Gasteiger partial charge in [-0.1, -0.05) is 0 Å². The molecule has 2 aromatic rings. The molecule has 142 valence electrons. The summed E-state index contributed by atoms with van der Waals surface area (Å²) in [5.41, 5.74) is 1.20. The van der Waals surface area contributed by atoms with Crippen molar-refractivity contribution in [2.45, 2.75) is 32.2 Å². The summed E-state index contributed by atoms with van der Waals surface area (Å²) in [7, 11) is -0.746. The molecule has 7 nitrogen and oxygen atoms in total. The fourth-order valence-electron chi connectivity index (χ4n) is 2.67. The first-order chi connectivity index (χ1) is 12.2. The number of rotatable bonds is 7. The number of carbonyl (C=O) groups is 1. The number of hydrogen-bond donors (Lipinski definition) is 0. The van der Waals surface area contributed by atoms with Crippen LogP contribution < -0.4 is 4.74 Å². The largest absolute Gasteiger partial charge is 0.497 e. The summed E-state index contributed by atoms with van der Waals surface area (Å²) < 4.78 is 42.6. The normalized spacial score (nSPS) is 11.6. The summed E-state index contributed by atoms with van der Waals surface area (Å²) >= 11 is 0. The third-order valence-corrected chi connectivity index (χ3v) is 5.96. The minimum Gasteiger partial charge on any atom is -0.497 e. The average Bonchev–Trinajstić information content (AvgIpc) is 3.02. The monoisotopic (exact) mass is 381 g/mol. The van der Waals surface area contributed by atoms with Gasteiger partial charge in [-0.05, 0) is 56.2 Å². The molecule has 0 saturated carbocycles. The number of furan rings is 1. The first-order valence-electron chi connectivity index (χ1n) is 8.08. The van der Waals surface area contributed by atoms with E-state index in [-0.39, 0.29) is 23.8 Å². The van der Waals surface area contributed by atoms with E-state index in [2.05, 4.69) is 0 Å². The Kier molecular flexibility index (Phi) is 6.09. The van der Waals surface area contributed by atoms with Gasteiger partial charge in [0.15, 0.2) is 0 Å². The minimum absolute atomic E-state index is 0.00729. The molecule has 26 heavy (non-hydrogen) atoms. The van der Waals surface area contributed by atoms with Crippen molar-refractivity contribution in [3.8, 4) is 5.75 Å². The van der Waals surface area contributed by atoms with Gasteiger partial charge in [-0.2, -0.15) is 4.31 Å². The molecule has 0 aliphatic rings. The van der Waals surface area contributed by atoms with Crippen LogP contribution in [-0.4, -0.2) is 39.5 Å². The SMILES string of the molecule is CCOC(=O)c1ccc(CN(C)S(=O)(=O)c2c(C)cc(OC)cc2C)o1. The van der Waals surface area contributed by atoms with E-state index < -0.39 is 16.0 Å². The molecular formula is C18H23NO6S. The Morgan fingerprint density at radius 2 is 1.81 bits per heavy atom. The maximum atomic E-state index is 13.0. The quantitative estimate of drug-likeness (QED) is 0.686. The molecule has 0 aliphatic heterocycles. The molecule has 0 fully saturated rings. The second-order valence-electron chi connectivity index (χ2n) is 5.84. The summed E-state index contributed by atoms with van der Waals surface area (Å²) in [5.74, 6) is 0.422. The molecule has 0 atom stereocenters. The average molecular weight is 381 g/mol. The molecule has 1 heterocycles. The van der Waals surface area contributed by atoms with E-state index in [0.29, 0.717) is 22.6 Å². The first-order valence-corrected chi connectivity index (χ1v) is 9.52. The molecule has 0 saturated heterocycles. The van der Waals surface area contributed by atoms with Crippen molar-refractivity contribution in [1.29, 1.82) is 0 Å². The highest BCUT2D eigenvalue weighted by molar-refractivity contribution is 7.89. The van der Waals surface area contributed by atoms with Gasteiger partial charge in [0.25, 0.3) is 0 Å². The van der Waals surface area contributed by atoms with Crippen molar-refractivity contribution in [2.75, 3.05) is 20.8 Å². The van der Waals surface area contributed by atoms with Crippen molar-refractivity contribution < 1.29 is 27.1 Å². The number of benzene rings is 1. The zero-order valence-corrected chi connectivity index (χ0v) is 16.3. The Morgan fingerprint density at radius 1 is 1.19 bits per heavy atom. The van der Waals surface area contributed by atoms with Crippen LogP contribution in [0.15, 0.2) is 33.6 Å². The van der Waals surface area contributed by atoms with Gasteiger partial charge in [-0.3, -0.25) is 0 Å². The second kappa shape index (κ2) is 7.92. The minimum atomic E-state index is -3.74. The van der Waals surface area contributed by atoms with Crippen LogP contribution in [0.25, 0.3) is 0 Å². The Morgan fingerprint density at radius 3 is 2.35 bits per heavy atom. The summed E-state index contributed by atoms with van der Waals surface area (Å²) in [6, 6.07) is 6.39. The predicted octanol–water partition coefficient (Wildman–Crippen LogP) is 2.90. The van der Waals surface area contributed by atoms with Crippen molar-refractivity contribution >= 4 is 16.0 Å². The summed E-state index contributed by atoms with van der Waals surface area (Å²) in [4.78, 5) is 11.9. The van der Waals surface area contributed by atoms with Crippen LogP contribution in [0.3, 0.4) is 0 Å². The molecule has 0 N–H and O–H groups in total. The van der Waals surface area contributed by atoms with Crippen molar-refractivity contribution in [3.63, 3.8) is 0 Å². The van der Waals surface area contributed by atoms with Gasteiger partial charge >= 0.3 is 5.97 Å². The highest BCUT2D eigenvalue weighted by Gasteiger charge is 2.26. The van der Waals surface area contributed by atoms with Gasteiger partial charge in [0, 0.05) is 7.05 Å². The first kappa shape index (κ1) is 20.0. The lowest BCUT2D eigenvalue weighted by Gasteiger charge is -2.19. The number of carbonyl (C=O) groups excluding carboxylic acids is 1. The summed E-state index contributed by atoms with van der Waals surface area (Å²) in [6.45, 7) is 5.37. The van der Waals surface area contributed by atoms with Crippen LogP contribution in [0.2, 0.25) is 0 Å². The van der Waals surface area contributed by atoms with Crippen LogP contribution >= 0.6 is 0 Å². The lowest BCUT2D eigenvalue weighted by molar-refractivity contribution is 0.0487. The number of aryl methyl sites for hydroxylation is 2. The van der Waals surface area contributed by atoms with Gasteiger partial charge < -0.3 is 13.9 Å². The van der Waals surface area contributed by atoms with Crippen LogP contribution in [0.4, 0.5) is 0 Å². The predicted molar refractivity (Wildman–Crippen MR) is 95.8 cm³/mol. The van der Waals surface area contributed by atoms with Crippen LogP contribution in [-0.2, 0) is 21.3 Å². The van der Waals surface area contributed by atoms with Gasteiger partial charge in [0.2, 0.25) is 15.8 Å². The van der Waals surface area contributed by atoms with E-state index in [9.17, 15) is 13.2 Å². The number of sulfonamides is 1. The van der Waals surface area contributed by atoms with Gasteiger partial charge in [-0.25, -0.2) is 13.2 Å². The Balaban J connectivity index is 2.26. The van der Waals surface area contributed by atoms with Crippen LogP contribution in [0.1, 0.15) is 34.4 Å². The van der Waals surface area contributed by atoms with Crippen molar-refractivity contribution in [3.05, 3.63) is 46.9 Å². The lowest BCUT2D eigenvalue weighted by Crippen LogP contribution is -2.27. The number of hydrogen-bond acceptors (Lipinski definition) is 6. The molecular weight excluding hydrogens is 358 g/mol. The molecule has 0 radical (unpaired) electrons. The zero-order valence-electron chi connectivity index (χ0n) is 15.5. The Bertz CT molecular complexity index is 877. The number of ether oxygens (including phenoxy) is 2. The van der Waals surface area contributed by atoms with Gasteiger partial charge in [0.1, 0.15) is 11.5 Å². The van der Waals surface area contributed by atoms with E-state index in [1.807, 2.05) is 0 Å². The van der Waals surface area contributed by atoms with Crippen molar-refractivity contribution in [1.82, 2.24) is 4.31 Å². The molecule has 0 bridgehead atoms. The number of nitrogens with zero attached hydrogens (tertiary/aromatic N) is 1. The Labute approximate surface area is 153 Å². The molecule has 8 heteroatoms. The topological polar surface area (TPSA) is 86.0 Å². The van der Waals surface area contributed by atoms with E-state index in [4.69, 9.17) is 13.9 Å². The highest BCUT2D eigenvalue weighted by atomic mass is 32.2. The highest BCUT2D eigenvalue weighted by Crippen LogP contribution is 2.28. The van der Waals surface area contributed by atoms with Gasteiger partial charge in [0.05, 0.1) is 25.2 Å². The van der Waals surface area contributed by atoms with E-state index in [1.165, 1.54) is 24.5 Å². The molecule has 2 rings (SSSR count). The number of methoxy groups -OCH3 is 1. The molecule has 0 amide bonds. The number of esters is 1. The maximum absolute atomic E-state index is 13.0. The van der Waals surface area contributed by atoms with Crippen LogP contribution in [0.5, 0.6) is 5.75 Å². The van der Waals surface area contributed by atoms with Crippen LogP contribution in [0, 0.1) is 13.8 Å². The molecule has 0 spiro atoms. The standard InChI is InChI=1S/C18H23NO6S/c1-6-24-18(20)16-8-7-14(25-16)11-19(4)26(21,22)17-12(2)9-15(23-5)10-13(17)3/h7-10H,6,11H2,1-5H3. The maximum Gasteiger partial charge on any atom is 0.374 e. The van der Waals surface area contributed by atoms with Crippen molar-refractivity contribution in [2.24, 2.45) is 0 Å². The Hall–Kier alpha value is -2.32. The molecule has 1 aromatic carbocycles. The summed E-state index contributed by atoms with van der Waals surface area (Å²) in [5, 5.41) is 0. The summed E-state index contributed by atoms with van der Waals surface area (Å²) in [6.07, 6.45) is 0. The third-order valence-electron chi connectivity index (χ3n) is 3.85. The fourth-order valence-corrected chi connectivity index (χ4v) is 4.21. The van der Waals surface area contributed by atoms with E-state index >= 15 is 0 Å². The van der Waals surface area contributed by atoms with E-state index in [1.54, 1.807) is 39.0 Å². The third kappa shape index (κ3) is 4.08. The van der Waals surface area contributed by atoms with E-state index in [0.717, 1.165) is 0 Å². The van der Waals surface area contributed by atoms with Gasteiger partial charge in [-0.15, -0.1) is 0 Å². The fraction of sp³-hybridized carbons (Fsp3) is 0.389. The lowest BCUT2D eigenvalue weighted by atomic mass is 10.1. The zero-order chi connectivity index (χ0) is 19.5.